The van der Waals surface area contributed by atoms with Gasteiger partial charge in [-0.2, -0.15) is 0 Å². The lowest BCUT2D eigenvalue weighted by Crippen LogP contribution is -2.30. The molecule has 1 N–H and O–H groups in total. The normalized spacial score (nSPS) is 11.7. The summed E-state index contributed by atoms with van der Waals surface area (Å²) in [6, 6.07) is 12.7. The zero-order valence-electron chi connectivity index (χ0n) is 13.8. The number of amides is 1. The van der Waals surface area contributed by atoms with Crippen molar-refractivity contribution >= 4 is 17.4 Å². The van der Waals surface area contributed by atoms with Crippen LogP contribution in [0.25, 0.3) is 0 Å². The first-order valence-corrected chi connectivity index (χ1v) is 7.52. The lowest BCUT2D eigenvalue weighted by Gasteiger charge is -2.16. The van der Waals surface area contributed by atoms with Gasteiger partial charge in [-0.1, -0.05) is 24.3 Å². The van der Waals surface area contributed by atoms with E-state index in [1.807, 2.05) is 32.0 Å². The van der Waals surface area contributed by atoms with Gasteiger partial charge in [0.1, 0.15) is 5.75 Å². The Morgan fingerprint density at radius 1 is 1.09 bits per heavy atom. The molecule has 4 heteroatoms. The third-order valence-corrected chi connectivity index (χ3v) is 3.57. The first-order chi connectivity index (χ1) is 10.9. The summed E-state index contributed by atoms with van der Waals surface area (Å²) in [5.74, 6) is 0.233. The molecule has 0 aliphatic rings. The van der Waals surface area contributed by atoms with Crippen LogP contribution in [0.2, 0.25) is 0 Å². The summed E-state index contributed by atoms with van der Waals surface area (Å²) >= 11 is 0. The minimum absolute atomic E-state index is 0.0389. The largest absolute Gasteiger partial charge is 0.481 e. The van der Waals surface area contributed by atoms with Gasteiger partial charge < -0.3 is 10.1 Å². The zero-order valence-corrected chi connectivity index (χ0v) is 13.8. The van der Waals surface area contributed by atoms with Gasteiger partial charge in [-0.15, -0.1) is 0 Å². The number of hydrogen-bond donors (Lipinski definition) is 1. The number of carbonyl (C=O) groups is 2. The van der Waals surface area contributed by atoms with E-state index in [0.29, 0.717) is 11.3 Å². The quantitative estimate of drug-likeness (QED) is 0.852. The molecule has 1 amide bonds. The average molecular weight is 311 g/mol. The molecule has 2 rings (SSSR count). The van der Waals surface area contributed by atoms with Crippen molar-refractivity contribution < 1.29 is 14.3 Å². The standard InChI is InChI=1S/C19H21NO3/c1-12-8-9-13(2)18(10-12)20-19(22)15(4)23-17-7-5-6-16(11-17)14(3)21/h5-11,15H,1-4H3,(H,20,22). The molecule has 4 nitrogen and oxygen atoms in total. The molecule has 1 unspecified atom stereocenters. The molecule has 0 radical (unpaired) electrons. The van der Waals surface area contributed by atoms with Crippen LogP contribution in [0.15, 0.2) is 42.5 Å². The second kappa shape index (κ2) is 7.09. The van der Waals surface area contributed by atoms with Gasteiger partial charge in [-0.05, 0) is 57.0 Å². The van der Waals surface area contributed by atoms with Crippen LogP contribution in [-0.2, 0) is 4.79 Å². The summed E-state index contributed by atoms with van der Waals surface area (Å²) in [4.78, 5) is 23.7. The molecule has 2 aromatic carbocycles. The van der Waals surface area contributed by atoms with Gasteiger partial charge in [-0.3, -0.25) is 9.59 Å². The van der Waals surface area contributed by atoms with Crippen LogP contribution in [0.4, 0.5) is 5.69 Å². The topological polar surface area (TPSA) is 55.4 Å². The van der Waals surface area contributed by atoms with Gasteiger partial charge in [-0.25, -0.2) is 0 Å². The number of nitrogens with one attached hydrogen (secondary N) is 1. The Labute approximate surface area is 136 Å². The predicted octanol–water partition coefficient (Wildman–Crippen LogP) is 3.91. The summed E-state index contributed by atoms with van der Waals surface area (Å²) in [5, 5.41) is 2.88. The molecule has 0 aliphatic heterocycles. The monoisotopic (exact) mass is 311 g/mol. The second-order valence-corrected chi connectivity index (χ2v) is 5.65. The number of ether oxygens (including phenoxy) is 1. The minimum atomic E-state index is -0.669. The molecule has 120 valence electrons. The predicted molar refractivity (Wildman–Crippen MR) is 91.1 cm³/mol. The average Bonchev–Trinajstić information content (AvgIpc) is 2.51. The van der Waals surface area contributed by atoms with Gasteiger partial charge >= 0.3 is 0 Å². The number of Topliss-reactive ketones (excluding diaryl/α,β-unsaturated/α-hetero) is 1. The van der Waals surface area contributed by atoms with Crippen molar-refractivity contribution in [2.75, 3.05) is 5.32 Å². The lowest BCUT2D eigenvalue weighted by atomic mass is 10.1. The Hall–Kier alpha value is -2.62. The van der Waals surface area contributed by atoms with Gasteiger partial charge in [0.25, 0.3) is 5.91 Å². The molecule has 2 aromatic rings. The molecular weight excluding hydrogens is 290 g/mol. The van der Waals surface area contributed by atoms with Crippen molar-refractivity contribution in [1.82, 2.24) is 0 Å². The molecule has 0 aliphatic carbocycles. The fourth-order valence-corrected chi connectivity index (χ4v) is 2.15. The van der Waals surface area contributed by atoms with Crippen LogP contribution in [0.1, 0.15) is 35.3 Å². The van der Waals surface area contributed by atoms with Crippen molar-refractivity contribution in [2.45, 2.75) is 33.8 Å². The number of rotatable bonds is 5. The molecule has 0 aromatic heterocycles. The number of hydrogen-bond acceptors (Lipinski definition) is 3. The molecule has 0 bridgehead atoms. The van der Waals surface area contributed by atoms with Crippen LogP contribution < -0.4 is 10.1 Å². The first-order valence-electron chi connectivity index (χ1n) is 7.52. The number of benzene rings is 2. The molecule has 0 fully saturated rings. The first kappa shape index (κ1) is 16.7. The van der Waals surface area contributed by atoms with E-state index in [0.717, 1.165) is 16.8 Å². The van der Waals surface area contributed by atoms with E-state index in [2.05, 4.69) is 5.32 Å². The fourth-order valence-electron chi connectivity index (χ4n) is 2.15. The number of aryl methyl sites for hydroxylation is 2. The Kier molecular flexibility index (Phi) is 5.16. The van der Waals surface area contributed by atoms with Crippen LogP contribution in [0.5, 0.6) is 5.75 Å². The maximum atomic E-state index is 12.3. The van der Waals surface area contributed by atoms with Crippen molar-refractivity contribution in [2.24, 2.45) is 0 Å². The molecular formula is C19H21NO3. The highest BCUT2D eigenvalue weighted by Gasteiger charge is 2.16. The number of anilines is 1. The van der Waals surface area contributed by atoms with Crippen LogP contribution >= 0.6 is 0 Å². The molecule has 0 saturated heterocycles. The van der Waals surface area contributed by atoms with E-state index in [1.54, 1.807) is 31.2 Å². The maximum absolute atomic E-state index is 12.3. The van der Waals surface area contributed by atoms with Crippen LogP contribution in [-0.4, -0.2) is 17.8 Å². The molecule has 0 heterocycles. The summed E-state index contributed by atoms with van der Waals surface area (Å²) in [7, 11) is 0. The Morgan fingerprint density at radius 2 is 1.83 bits per heavy atom. The Balaban J connectivity index is 2.07. The molecule has 0 spiro atoms. The summed E-state index contributed by atoms with van der Waals surface area (Å²) in [6.45, 7) is 7.09. The zero-order chi connectivity index (χ0) is 17.0. The Morgan fingerprint density at radius 3 is 2.52 bits per heavy atom. The van der Waals surface area contributed by atoms with Crippen molar-refractivity contribution in [1.29, 1.82) is 0 Å². The highest BCUT2D eigenvalue weighted by atomic mass is 16.5. The van der Waals surface area contributed by atoms with Gasteiger partial charge in [0.15, 0.2) is 11.9 Å². The van der Waals surface area contributed by atoms with E-state index >= 15 is 0 Å². The highest BCUT2D eigenvalue weighted by Crippen LogP contribution is 2.19. The maximum Gasteiger partial charge on any atom is 0.265 e. The van der Waals surface area contributed by atoms with Crippen molar-refractivity contribution in [3.63, 3.8) is 0 Å². The minimum Gasteiger partial charge on any atom is -0.481 e. The summed E-state index contributed by atoms with van der Waals surface area (Å²) in [5.41, 5.74) is 3.41. The third kappa shape index (κ3) is 4.42. The second-order valence-electron chi connectivity index (χ2n) is 5.65. The van der Waals surface area contributed by atoms with E-state index in [1.165, 1.54) is 6.92 Å². The number of carbonyl (C=O) groups excluding carboxylic acids is 2. The SMILES string of the molecule is CC(=O)c1cccc(OC(C)C(=O)Nc2cc(C)ccc2C)c1. The van der Waals surface area contributed by atoms with Gasteiger partial charge in [0.05, 0.1) is 0 Å². The fraction of sp³-hybridized carbons (Fsp3) is 0.263. The lowest BCUT2D eigenvalue weighted by molar-refractivity contribution is -0.122. The van der Waals surface area contributed by atoms with Gasteiger partial charge in [0.2, 0.25) is 0 Å². The van der Waals surface area contributed by atoms with Crippen LogP contribution in [0, 0.1) is 13.8 Å². The van der Waals surface area contributed by atoms with Crippen LogP contribution in [0.3, 0.4) is 0 Å². The molecule has 1 atom stereocenters. The molecule has 23 heavy (non-hydrogen) atoms. The van der Waals surface area contributed by atoms with E-state index in [4.69, 9.17) is 4.74 Å². The highest BCUT2D eigenvalue weighted by molar-refractivity contribution is 5.95. The van der Waals surface area contributed by atoms with Crippen molar-refractivity contribution in [3.8, 4) is 5.75 Å². The van der Waals surface area contributed by atoms with E-state index < -0.39 is 6.10 Å². The summed E-state index contributed by atoms with van der Waals surface area (Å²) < 4.78 is 5.65. The summed E-state index contributed by atoms with van der Waals surface area (Å²) in [6.07, 6.45) is -0.669. The van der Waals surface area contributed by atoms with Crippen molar-refractivity contribution in [3.05, 3.63) is 59.2 Å². The van der Waals surface area contributed by atoms with E-state index in [9.17, 15) is 9.59 Å². The van der Waals surface area contributed by atoms with Gasteiger partial charge in [0, 0.05) is 11.3 Å². The van der Waals surface area contributed by atoms with E-state index in [-0.39, 0.29) is 11.7 Å². The smallest absolute Gasteiger partial charge is 0.265 e. The number of ketones is 1. The Bertz CT molecular complexity index is 737. The molecule has 0 saturated carbocycles. The third-order valence-electron chi connectivity index (χ3n) is 3.57.